The average Bonchev–Trinajstić information content (AvgIpc) is 3.16. The van der Waals surface area contributed by atoms with Crippen molar-refractivity contribution in [3.05, 3.63) is 94.0 Å². The third-order valence-electron chi connectivity index (χ3n) is 6.23. The number of aliphatic carboxylic acids is 1. The van der Waals surface area contributed by atoms with Gasteiger partial charge in [0.25, 0.3) is 0 Å². The van der Waals surface area contributed by atoms with Crippen molar-refractivity contribution in [2.75, 3.05) is 26.0 Å². The van der Waals surface area contributed by atoms with Crippen LogP contribution < -0.4 is 5.32 Å². The Hall–Kier alpha value is -3.48. The highest BCUT2D eigenvalue weighted by molar-refractivity contribution is 6.31. The summed E-state index contributed by atoms with van der Waals surface area (Å²) in [5.41, 5.74) is 5.90. The zero-order valence-electron chi connectivity index (χ0n) is 20.5. The second-order valence-corrected chi connectivity index (χ2v) is 9.75. The molecule has 4 rings (SSSR count). The van der Waals surface area contributed by atoms with E-state index in [0.29, 0.717) is 22.8 Å². The van der Waals surface area contributed by atoms with Crippen molar-refractivity contribution in [1.82, 2.24) is 4.90 Å². The van der Waals surface area contributed by atoms with E-state index in [0.717, 1.165) is 41.8 Å². The average molecular weight is 504 g/mol. The number of rotatable bonds is 10. The van der Waals surface area contributed by atoms with Crippen LogP contribution >= 0.6 is 11.6 Å². The number of benzene rings is 3. The van der Waals surface area contributed by atoms with E-state index in [4.69, 9.17) is 21.7 Å². The summed E-state index contributed by atoms with van der Waals surface area (Å²) in [5.74, 6) is -1.56. The molecule has 36 heavy (non-hydrogen) atoms. The zero-order valence-corrected chi connectivity index (χ0v) is 21.3. The van der Waals surface area contributed by atoms with Crippen LogP contribution in [-0.4, -0.2) is 48.2 Å². The maximum atomic E-state index is 13.2. The molecule has 0 aromatic heterocycles. The van der Waals surface area contributed by atoms with Gasteiger partial charge in [-0.1, -0.05) is 54.1 Å². The smallest absolute Gasteiger partial charge is 0.303 e. The Kier molecular flexibility index (Phi) is 8.18. The monoisotopic (exact) mass is 503 g/mol. The minimum absolute atomic E-state index is 0.0695. The number of hydrogen-bond acceptors (Lipinski definition) is 4. The minimum atomic E-state index is -0.829. The van der Waals surface area contributed by atoms with Crippen LogP contribution in [0.4, 0.5) is 11.4 Å². The number of fused-ring (bicyclic) bond motifs is 1. The molecule has 6 nitrogen and oxygen atoms in total. The van der Waals surface area contributed by atoms with Crippen LogP contribution in [0.2, 0.25) is 5.02 Å². The molecule has 3 aromatic carbocycles. The molecule has 0 saturated heterocycles. The zero-order chi connectivity index (χ0) is 25.7. The van der Waals surface area contributed by atoms with Gasteiger partial charge in [0, 0.05) is 17.1 Å². The molecule has 1 aliphatic heterocycles. The third-order valence-corrected chi connectivity index (χ3v) is 6.46. The van der Waals surface area contributed by atoms with E-state index < -0.39 is 11.9 Å². The van der Waals surface area contributed by atoms with Crippen molar-refractivity contribution in [2.24, 2.45) is 4.99 Å². The van der Waals surface area contributed by atoms with Crippen molar-refractivity contribution < 1.29 is 14.7 Å². The van der Waals surface area contributed by atoms with Crippen LogP contribution in [-0.2, 0) is 22.4 Å². The number of carboxylic acids is 1. The highest BCUT2D eigenvalue weighted by Gasteiger charge is 2.35. The molecule has 0 aliphatic carbocycles. The van der Waals surface area contributed by atoms with Gasteiger partial charge in [0.15, 0.2) is 0 Å². The predicted molar refractivity (Wildman–Crippen MR) is 145 cm³/mol. The highest BCUT2D eigenvalue weighted by atomic mass is 35.5. The Morgan fingerprint density at radius 2 is 1.81 bits per heavy atom. The van der Waals surface area contributed by atoms with Crippen molar-refractivity contribution in [3.8, 4) is 0 Å². The van der Waals surface area contributed by atoms with Crippen LogP contribution in [0.3, 0.4) is 0 Å². The Bertz CT molecular complexity index is 1290. The molecule has 1 amide bonds. The first-order valence-electron chi connectivity index (χ1n) is 12.0. The molecular formula is C29H30ClN3O3. The van der Waals surface area contributed by atoms with Crippen molar-refractivity contribution in [2.45, 2.75) is 31.6 Å². The van der Waals surface area contributed by atoms with Gasteiger partial charge in [-0.05, 0) is 86.4 Å². The number of nitrogens with one attached hydrogen (secondary N) is 1. The molecule has 0 bridgehead atoms. The number of aliphatic imine (C=N–C) groups is 1. The topological polar surface area (TPSA) is 82.0 Å². The van der Waals surface area contributed by atoms with Gasteiger partial charge >= 0.3 is 5.97 Å². The van der Waals surface area contributed by atoms with Gasteiger partial charge in [0.1, 0.15) is 5.92 Å². The standard InChI is InChI=1S/C29H30ClN3O3/c1-33(2)16-4-6-20-5-3-7-23(17-20)31-28(21-11-8-19(9-12-21)10-15-26(34)35)27-24-14-13-22(30)18-25(24)32-29(27)36/h3,5,7-9,11-14,17-18,27H,4,6,10,15-16H2,1-2H3,(H,32,36)(H,34,35). The van der Waals surface area contributed by atoms with Gasteiger partial charge in [0.2, 0.25) is 5.91 Å². The van der Waals surface area contributed by atoms with Gasteiger partial charge in [-0.15, -0.1) is 0 Å². The van der Waals surface area contributed by atoms with Crippen molar-refractivity contribution >= 4 is 40.6 Å². The largest absolute Gasteiger partial charge is 0.481 e. The van der Waals surface area contributed by atoms with Gasteiger partial charge < -0.3 is 15.3 Å². The fourth-order valence-electron chi connectivity index (χ4n) is 4.42. The molecule has 7 heteroatoms. The molecule has 1 unspecified atom stereocenters. The molecule has 0 fully saturated rings. The first-order valence-corrected chi connectivity index (χ1v) is 12.4. The third kappa shape index (κ3) is 6.39. The molecule has 0 saturated carbocycles. The van der Waals surface area contributed by atoms with E-state index in [1.165, 1.54) is 5.56 Å². The fourth-order valence-corrected chi connectivity index (χ4v) is 4.59. The summed E-state index contributed by atoms with van der Waals surface area (Å²) in [6.45, 7) is 1.01. The molecule has 1 heterocycles. The number of carbonyl (C=O) groups is 2. The number of anilines is 1. The molecule has 1 atom stereocenters. The van der Waals surface area contributed by atoms with Gasteiger partial charge in [0.05, 0.1) is 11.4 Å². The van der Waals surface area contributed by atoms with Gasteiger partial charge in [-0.3, -0.25) is 14.6 Å². The van der Waals surface area contributed by atoms with E-state index in [1.54, 1.807) is 12.1 Å². The summed E-state index contributed by atoms with van der Waals surface area (Å²) in [7, 11) is 4.13. The molecule has 1 aliphatic rings. The number of carbonyl (C=O) groups excluding carboxylic acids is 1. The van der Waals surface area contributed by atoms with E-state index >= 15 is 0 Å². The van der Waals surface area contributed by atoms with Crippen LogP contribution in [0.1, 0.15) is 41.0 Å². The Morgan fingerprint density at radius 1 is 1.03 bits per heavy atom. The second-order valence-electron chi connectivity index (χ2n) is 9.32. The Labute approximate surface area is 216 Å². The summed E-state index contributed by atoms with van der Waals surface area (Å²) >= 11 is 6.17. The lowest BCUT2D eigenvalue weighted by Gasteiger charge is -2.15. The molecule has 0 spiro atoms. The van der Waals surface area contributed by atoms with Gasteiger partial charge in [-0.25, -0.2) is 0 Å². The summed E-state index contributed by atoms with van der Waals surface area (Å²) < 4.78 is 0. The number of halogens is 1. The highest BCUT2D eigenvalue weighted by Crippen LogP contribution is 2.38. The molecule has 2 N–H and O–H groups in total. The lowest BCUT2D eigenvalue weighted by atomic mass is 9.90. The number of carboxylic acid groups (broad SMARTS) is 1. The fraction of sp³-hybridized carbons (Fsp3) is 0.276. The summed E-state index contributed by atoms with van der Waals surface area (Å²) in [5, 5.41) is 12.5. The number of amides is 1. The number of hydrogen-bond donors (Lipinski definition) is 2. The molecule has 0 radical (unpaired) electrons. The lowest BCUT2D eigenvalue weighted by Crippen LogP contribution is -2.22. The van der Waals surface area contributed by atoms with Gasteiger partial charge in [-0.2, -0.15) is 0 Å². The summed E-state index contributed by atoms with van der Waals surface area (Å²) in [6.07, 6.45) is 2.51. The Morgan fingerprint density at radius 3 is 2.53 bits per heavy atom. The second kappa shape index (κ2) is 11.5. The first kappa shape index (κ1) is 25.6. The summed E-state index contributed by atoms with van der Waals surface area (Å²) in [4.78, 5) is 31.3. The Balaban J connectivity index is 1.71. The SMILES string of the molecule is CN(C)CCCc1cccc(N=C(c2ccc(CCC(=O)O)cc2)C2C(=O)Nc3cc(Cl)ccc32)c1. The van der Waals surface area contributed by atoms with Crippen LogP contribution in [0.25, 0.3) is 0 Å². The van der Waals surface area contributed by atoms with Crippen molar-refractivity contribution in [1.29, 1.82) is 0 Å². The number of nitrogens with zero attached hydrogens (tertiary/aromatic N) is 2. The van der Waals surface area contributed by atoms with E-state index in [-0.39, 0.29) is 12.3 Å². The predicted octanol–water partition coefficient (Wildman–Crippen LogP) is 5.71. The summed E-state index contributed by atoms with van der Waals surface area (Å²) in [6, 6.07) is 21.2. The first-order chi connectivity index (χ1) is 17.3. The maximum absolute atomic E-state index is 13.2. The van der Waals surface area contributed by atoms with E-state index in [2.05, 4.69) is 36.4 Å². The van der Waals surface area contributed by atoms with E-state index in [9.17, 15) is 9.59 Å². The lowest BCUT2D eigenvalue weighted by molar-refractivity contribution is -0.137. The van der Waals surface area contributed by atoms with Crippen molar-refractivity contribution in [3.63, 3.8) is 0 Å². The quantitative estimate of drug-likeness (QED) is 0.347. The number of aryl methyl sites for hydroxylation is 2. The van der Waals surface area contributed by atoms with Crippen LogP contribution in [0.15, 0.2) is 71.7 Å². The molecule has 186 valence electrons. The normalized spacial score (nSPS) is 15.2. The molecular weight excluding hydrogens is 474 g/mol. The van der Waals surface area contributed by atoms with Crippen LogP contribution in [0.5, 0.6) is 0 Å². The van der Waals surface area contributed by atoms with E-state index in [1.807, 2.05) is 42.5 Å². The minimum Gasteiger partial charge on any atom is -0.481 e. The molecule has 3 aromatic rings. The maximum Gasteiger partial charge on any atom is 0.303 e. The van der Waals surface area contributed by atoms with Crippen LogP contribution in [0, 0.1) is 0 Å².